The van der Waals surface area contributed by atoms with E-state index in [1.54, 1.807) is 31.0 Å². The van der Waals surface area contributed by atoms with Crippen LogP contribution in [0.2, 0.25) is 10.0 Å². The molecule has 1 aliphatic heterocycles. The summed E-state index contributed by atoms with van der Waals surface area (Å²) in [7, 11) is 1.77. The molecule has 0 spiro atoms. The maximum atomic E-state index is 14.1. The number of carbonyl (C=O) groups excluding carboxylic acids is 2. The fraction of sp³-hybridized carbons (Fsp3) is 0.375. The molecule has 3 aromatic carbocycles. The maximum absolute atomic E-state index is 14.1. The third-order valence-electron chi connectivity index (χ3n) is 8.51. The van der Waals surface area contributed by atoms with Crippen molar-refractivity contribution >= 4 is 35.0 Å². The monoisotopic (exact) mass is 581 g/mol. The van der Waals surface area contributed by atoms with Crippen molar-refractivity contribution in [3.05, 3.63) is 105 Å². The second-order valence-corrected chi connectivity index (χ2v) is 12.0. The number of hydrogen-bond acceptors (Lipinski definition) is 3. The van der Waals surface area contributed by atoms with E-state index in [9.17, 15) is 14.0 Å². The number of carbonyl (C=O) groups is 2. The topological polar surface area (TPSA) is 52.7 Å². The molecule has 1 N–H and O–H groups in total. The van der Waals surface area contributed by atoms with Crippen molar-refractivity contribution in [1.82, 2.24) is 15.1 Å². The van der Waals surface area contributed by atoms with Crippen LogP contribution in [0.3, 0.4) is 0 Å². The predicted octanol–water partition coefficient (Wildman–Crippen LogP) is 6.18. The molecule has 1 saturated heterocycles. The number of likely N-dealkylation sites (tertiary alicyclic amines) is 1. The van der Waals surface area contributed by atoms with Crippen LogP contribution in [0.15, 0.2) is 72.8 Å². The molecule has 0 bridgehead atoms. The van der Waals surface area contributed by atoms with Gasteiger partial charge in [0.1, 0.15) is 5.82 Å². The van der Waals surface area contributed by atoms with Gasteiger partial charge in [-0.05, 0) is 66.1 Å². The maximum Gasteiger partial charge on any atom is 0.233 e. The van der Waals surface area contributed by atoms with Gasteiger partial charge in [0.05, 0.1) is 21.0 Å². The van der Waals surface area contributed by atoms with Crippen molar-refractivity contribution in [3.63, 3.8) is 0 Å². The summed E-state index contributed by atoms with van der Waals surface area (Å²) in [5.41, 5.74) is 1.60. The zero-order chi connectivity index (χ0) is 28.5. The average molecular weight is 583 g/mol. The summed E-state index contributed by atoms with van der Waals surface area (Å²) in [5, 5.41) is 4.11. The van der Waals surface area contributed by atoms with E-state index >= 15 is 0 Å². The second-order valence-electron chi connectivity index (χ2n) is 11.2. The van der Waals surface area contributed by atoms with Gasteiger partial charge in [0.15, 0.2) is 0 Å². The van der Waals surface area contributed by atoms with E-state index in [4.69, 9.17) is 23.2 Å². The lowest BCUT2D eigenvalue weighted by Gasteiger charge is -2.43. The minimum absolute atomic E-state index is 0.00552. The lowest BCUT2D eigenvalue weighted by Crippen LogP contribution is -2.53. The quantitative estimate of drug-likeness (QED) is 0.346. The third kappa shape index (κ3) is 5.76. The van der Waals surface area contributed by atoms with E-state index in [1.807, 2.05) is 36.4 Å². The largest absolute Gasteiger partial charge is 0.347 e. The van der Waals surface area contributed by atoms with Crippen LogP contribution >= 0.6 is 23.2 Å². The highest BCUT2D eigenvalue weighted by Gasteiger charge is 2.62. The van der Waals surface area contributed by atoms with Gasteiger partial charge in [-0.15, -0.1) is 0 Å². The molecule has 40 heavy (non-hydrogen) atoms. The van der Waals surface area contributed by atoms with E-state index in [0.717, 1.165) is 49.2 Å². The molecule has 2 aliphatic rings. The Kier molecular flexibility index (Phi) is 8.23. The second kappa shape index (κ2) is 11.5. The van der Waals surface area contributed by atoms with Gasteiger partial charge >= 0.3 is 0 Å². The van der Waals surface area contributed by atoms with Crippen LogP contribution in [0, 0.1) is 11.7 Å². The van der Waals surface area contributed by atoms with Crippen LogP contribution in [-0.4, -0.2) is 48.3 Å². The number of likely N-dealkylation sites (N-methyl/N-ethyl adjacent to an activating group) is 1. The minimum Gasteiger partial charge on any atom is -0.347 e. The summed E-state index contributed by atoms with van der Waals surface area (Å²) in [6.45, 7) is 4.24. The van der Waals surface area contributed by atoms with Gasteiger partial charge in [-0.3, -0.25) is 9.59 Å². The van der Waals surface area contributed by atoms with Crippen molar-refractivity contribution in [2.24, 2.45) is 5.92 Å². The highest BCUT2D eigenvalue weighted by molar-refractivity contribution is 6.42. The van der Waals surface area contributed by atoms with Gasteiger partial charge < -0.3 is 15.1 Å². The number of hydrogen-bond donors (Lipinski definition) is 1. The number of nitrogens with one attached hydrogen (secondary N) is 1. The van der Waals surface area contributed by atoms with Crippen LogP contribution in [0.1, 0.15) is 42.9 Å². The Bertz CT molecular complexity index is 1390. The molecule has 1 saturated carbocycles. The number of amides is 2. The Labute approximate surface area is 245 Å². The van der Waals surface area contributed by atoms with E-state index in [2.05, 4.69) is 22.3 Å². The first-order chi connectivity index (χ1) is 19.1. The molecule has 2 unspecified atom stereocenters. The Morgan fingerprint density at radius 1 is 0.975 bits per heavy atom. The first-order valence-corrected chi connectivity index (χ1v) is 14.4. The van der Waals surface area contributed by atoms with Crippen molar-refractivity contribution < 1.29 is 14.0 Å². The van der Waals surface area contributed by atoms with Gasteiger partial charge in [-0.1, -0.05) is 71.7 Å². The summed E-state index contributed by atoms with van der Waals surface area (Å²) in [5.74, 6) is -0.269. The fourth-order valence-electron chi connectivity index (χ4n) is 6.39. The van der Waals surface area contributed by atoms with Crippen LogP contribution in [0.4, 0.5) is 4.39 Å². The lowest BCUT2D eigenvalue weighted by atomic mass is 9.80. The summed E-state index contributed by atoms with van der Waals surface area (Å²) in [6.07, 6.45) is 2.27. The number of piperidine rings is 1. The third-order valence-corrected chi connectivity index (χ3v) is 9.25. The van der Waals surface area contributed by atoms with Crippen LogP contribution in [0.25, 0.3) is 0 Å². The van der Waals surface area contributed by atoms with Crippen molar-refractivity contribution in [1.29, 1.82) is 0 Å². The highest BCUT2D eigenvalue weighted by Crippen LogP contribution is 2.56. The molecule has 3 aromatic rings. The molecular weight excluding hydrogens is 548 g/mol. The smallest absolute Gasteiger partial charge is 0.233 e. The van der Waals surface area contributed by atoms with Gasteiger partial charge in [0, 0.05) is 40.2 Å². The summed E-state index contributed by atoms with van der Waals surface area (Å²) < 4.78 is 13.8. The molecule has 210 valence electrons. The number of nitrogens with zero attached hydrogens (tertiary/aromatic N) is 2. The zero-order valence-corrected chi connectivity index (χ0v) is 24.3. The molecule has 0 radical (unpaired) electrons. The molecular formula is C32H34Cl2FN3O2. The molecule has 8 heteroatoms. The van der Waals surface area contributed by atoms with Crippen LogP contribution < -0.4 is 5.32 Å². The molecule has 5 rings (SSSR count). The molecule has 5 nitrogen and oxygen atoms in total. The van der Waals surface area contributed by atoms with Gasteiger partial charge in [-0.2, -0.15) is 0 Å². The summed E-state index contributed by atoms with van der Waals surface area (Å²) in [4.78, 5) is 30.3. The molecule has 1 heterocycles. The highest BCUT2D eigenvalue weighted by atomic mass is 35.5. The Hall–Kier alpha value is -2.93. The summed E-state index contributed by atoms with van der Waals surface area (Å²) >= 11 is 12.6. The minimum atomic E-state index is -0.720. The first kappa shape index (κ1) is 28.6. The average Bonchev–Trinajstić information content (AvgIpc) is 3.65. The molecule has 0 aromatic heterocycles. The summed E-state index contributed by atoms with van der Waals surface area (Å²) in [6, 6.07) is 22.0. The normalized spacial score (nSPS) is 22.0. The van der Waals surface area contributed by atoms with Crippen LogP contribution in [0.5, 0.6) is 0 Å². The van der Waals surface area contributed by atoms with Crippen molar-refractivity contribution in [3.8, 4) is 0 Å². The molecule has 2 fully saturated rings. The molecule has 2 atom stereocenters. The molecule has 1 aliphatic carbocycles. The number of rotatable bonds is 8. The number of benzene rings is 3. The Balaban J connectivity index is 1.34. The van der Waals surface area contributed by atoms with E-state index < -0.39 is 11.0 Å². The van der Waals surface area contributed by atoms with Gasteiger partial charge in [-0.25, -0.2) is 4.39 Å². The first-order valence-electron chi connectivity index (χ1n) is 13.7. The SMILES string of the molecule is CC(=O)NC1(c2ccccc2)CCN(CC2CC2(C(=O)N(C)Cc2cccc(F)c2)c2ccc(Cl)c(Cl)c2)CC1. The van der Waals surface area contributed by atoms with Gasteiger partial charge in [0.25, 0.3) is 0 Å². The van der Waals surface area contributed by atoms with Crippen LogP contribution in [-0.2, 0) is 27.1 Å². The van der Waals surface area contributed by atoms with E-state index in [1.165, 1.54) is 12.1 Å². The standard InChI is InChI=1S/C32H34Cl2FN3O2/c1-22(39)36-31(24-8-4-3-5-9-24)13-15-38(16-14-31)21-26-19-32(26,25-11-12-28(33)29(34)18-25)30(40)37(2)20-23-7-6-10-27(35)17-23/h3-12,17-18,26H,13-16,19-21H2,1-2H3,(H,36,39). The van der Waals surface area contributed by atoms with Crippen molar-refractivity contribution in [2.45, 2.75) is 43.7 Å². The van der Waals surface area contributed by atoms with E-state index in [0.29, 0.717) is 23.0 Å². The fourth-order valence-corrected chi connectivity index (χ4v) is 6.69. The van der Waals surface area contributed by atoms with Crippen molar-refractivity contribution in [2.75, 3.05) is 26.7 Å². The zero-order valence-electron chi connectivity index (χ0n) is 22.8. The lowest BCUT2D eigenvalue weighted by molar-refractivity contribution is -0.133. The van der Waals surface area contributed by atoms with E-state index in [-0.39, 0.29) is 23.5 Å². The Morgan fingerprint density at radius 3 is 2.35 bits per heavy atom. The predicted molar refractivity (Wildman–Crippen MR) is 157 cm³/mol. The number of halogens is 3. The van der Waals surface area contributed by atoms with Gasteiger partial charge in [0.2, 0.25) is 11.8 Å². The molecule has 2 amide bonds. The Morgan fingerprint density at radius 2 is 1.70 bits per heavy atom.